The summed E-state index contributed by atoms with van der Waals surface area (Å²) in [6.45, 7) is 3.21. The first kappa shape index (κ1) is 15.2. The number of anilines is 1. The molecular weight excluding hydrogens is 272 g/mol. The van der Waals surface area contributed by atoms with E-state index in [1.807, 2.05) is 19.1 Å². The lowest BCUT2D eigenvalue weighted by Gasteiger charge is -2.30. The van der Waals surface area contributed by atoms with Crippen LogP contribution < -0.4 is 10.1 Å². The fourth-order valence-corrected chi connectivity index (χ4v) is 2.41. The van der Waals surface area contributed by atoms with E-state index in [1.165, 1.54) is 0 Å². The van der Waals surface area contributed by atoms with E-state index >= 15 is 0 Å². The number of carboxylic acids is 1. The van der Waals surface area contributed by atoms with Gasteiger partial charge in [-0.05, 0) is 31.9 Å². The Bertz CT molecular complexity index is 518. The zero-order chi connectivity index (χ0) is 15.2. The maximum absolute atomic E-state index is 12.3. The number of carbonyl (C=O) groups is 2. The Labute approximate surface area is 123 Å². The number of aliphatic carboxylic acids is 1. The van der Waals surface area contributed by atoms with Crippen molar-refractivity contribution in [1.29, 1.82) is 0 Å². The van der Waals surface area contributed by atoms with Crippen molar-refractivity contribution in [2.24, 2.45) is 5.92 Å². The molecule has 1 fully saturated rings. The number of likely N-dealkylation sites (tertiary alicyclic amines) is 1. The van der Waals surface area contributed by atoms with Crippen molar-refractivity contribution in [2.45, 2.75) is 19.8 Å². The zero-order valence-corrected chi connectivity index (χ0v) is 12.0. The Balaban J connectivity index is 2.02. The fourth-order valence-electron chi connectivity index (χ4n) is 2.41. The van der Waals surface area contributed by atoms with Crippen molar-refractivity contribution < 1.29 is 19.4 Å². The summed E-state index contributed by atoms with van der Waals surface area (Å²) in [5.74, 6) is -0.714. The number of urea groups is 1. The average Bonchev–Trinajstić information content (AvgIpc) is 2.49. The molecule has 0 aliphatic carbocycles. The second kappa shape index (κ2) is 6.97. The highest BCUT2D eigenvalue weighted by Gasteiger charge is 2.28. The average molecular weight is 292 g/mol. The Hall–Kier alpha value is -2.24. The van der Waals surface area contributed by atoms with Crippen molar-refractivity contribution in [3.8, 4) is 5.75 Å². The van der Waals surface area contributed by atoms with E-state index in [9.17, 15) is 9.59 Å². The molecule has 2 rings (SSSR count). The van der Waals surface area contributed by atoms with Gasteiger partial charge < -0.3 is 20.1 Å². The van der Waals surface area contributed by atoms with Crippen LogP contribution in [0.1, 0.15) is 19.8 Å². The second-order valence-corrected chi connectivity index (χ2v) is 4.98. The number of carboxylic acid groups (broad SMARTS) is 1. The molecule has 0 radical (unpaired) electrons. The maximum atomic E-state index is 12.3. The minimum atomic E-state index is -0.845. The number of piperidine rings is 1. The van der Waals surface area contributed by atoms with E-state index in [0.717, 1.165) is 0 Å². The summed E-state index contributed by atoms with van der Waals surface area (Å²) in [6.07, 6.45) is 1.33. The fraction of sp³-hybridized carbons (Fsp3) is 0.467. The van der Waals surface area contributed by atoms with Gasteiger partial charge in [-0.2, -0.15) is 0 Å². The van der Waals surface area contributed by atoms with E-state index in [-0.39, 0.29) is 12.6 Å². The Morgan fingerprint density at radius 1 is 1.43 bits per heavy atom. The highest BCUT2D eigenvalue weighted by atomic mass is 16.5. The second-order valence-electron chi connectivity index (χ2n) is 4.98. The molecule has 0 saturated carbocycles. The topological polar surface area (TPSA) is 78.9 Å². The SMILES string of the molecule is CCOc1ccccc1NC(=O)N1CCC[C@H](C(=O)O)C1. The summed E-state index contributed by atoms with van der Waals surface area (Å²) in [7, 11) is 0. The van der Waals surface area contributed by atoms with E-state index in [4.69, 9.17) is 9.84 Å². The van der Waals surface area contributed by atoms with Crippen LogP contribution in [0.15, 0.2) is 24.3 Å². The molecule has 2 amide bonds. The van der Waals surface area contributed by atoms with E-state index in [0.29, 0.717) is 37.4 Å². The molecule has 1 saturated heterocycles. The van der Waals surface area contributed by atoms with Crippen LogP contribution in [0.4, 0.5) is 10.5 Å². The lowest BCUT2D eigenvalue weighted by molar-refractivity contribution is -0.143. The first-order valence-corrected chi connectivity index (χ1v) is 7.12. The summed E-state index contributed by atoms with van der Waals surface area (Å²) < 4.78 is 5.46. The minimum Gasteiger partial charge on any atom is -0.492 e. The number of amides is 2. The number of carbonyl (C=O) groups excluding carboxylic acids is 1. The number of hydrogen-bond acceptors (Lipinski definition) is 3. The first-order valence-electron chi connectivity index (χ1n) is 7.12. The van der Waals surface area contributed by atoms with Gasteiger partial charge in [0.2, 0.25) is 0 Å². The van der Waals surface area contributed by atoms with Gasteiger partial charge in [-0.1, -0.05) is 12.1 Å². The lowest BCUT2D eigenvalue weighted by atomic mass is 9.99. The molecule has 1 aromatic carbocycles. The molecule has 0 unspecified atom stereocenters. The number of nitrogens with one attached hydrogen (secondary N) is 1. The number of benzene rings is 1. The molecule has 6 nitrogen and oxygen atoms in total. The summed E-state index contributed by atoms with van der Waals surface area (Å²) in [6, 6.07) is 6.92. The van der Waals surface area contributed by atoms with Gasteiger partial charge in [0.05, 0.1) is 18.2 Å². The third-order valence-electron chi connectivity index (χ3n) is 3.49. The monoisotopic (exact) mass is 292 g/mol. The summed E-state index contributed by atoms with van der Waals surface area (Å²) in [5.41, 5.74) is 0.599. The minimum absolute atomic E-state index is 0.248. The van der Waals surface area contributed by atoms with Crippen LogP contribution in [0.25, 0.3) is 0 Å². The van der Waals surface area contributed by atoms with Gasteiger partial charge in [0, 0.05) is 13.1 Å². The van der Waals surface area contributed by atoms with Crippen LogP contribution in [-0.4, -0.2) is 41.7 Å². The highest BCUT2D eigenvalue weighted by Crippen LogP contribution is 2.25. The maximum Gasteiger partial charge on any atom is 0.321 e. The number of hydrogen-bond donors (Lipinski definition) is 2. The quantitative estimate of drug-likeness (QED) is 0.893. The van der Waals surface area contributed by atoms with Crippen molar-refractivity contribution in [1.82, 2.24) is 4.90 Å². The molecule has 1 aromatic rings. The van der Waals surface area contributed by atoms with Crippen molar-refractivity contribution in [3.63, 3.8) is 0 Å². The van der Waals surface area contributed by atoms with Crippen molar-refractivity contribution in [3.05, 3.63) is 24.3 Å². The Kier molecular flexibility index (Phi) is 5.03. The van der Waals surface area contributed by atoms with Gasteiger partial charge in [-0.3, -0.25) is 4.79 Å². The molecule has 0 bridgehead atoms. The summed E-state index contributed by atoms with van der Waals surface area (Å²) in [4.78, 5) is 24.8. The smallest absolute Gasteiger partial charge is 0.321 e. The lowest BCUT2D eigenvalue weighted by Crippen LogP contribution is -2.44. The van der Waals surface area contributed by atoms with Crippen molar-refractivity contribution in [2.75, 3.05) is 25.0 Å². The third kappa shape index (κ3) is 3.87. The van der Waals surface area contributed by atoms with Gasteiger partial charge in [-0.15, -0.1) is 0 Å². The van der Waals surface area contributed by atoms with E-state index in [2.05, 4.69) is 5.32 Å². The molecule has 0 aromatic heterocycles. The molecule has 6 heteroatoms. The van der Waals surface area contributed by atoms with E-state index < -0.39 is 11.9 Å². The van der Waals surface area contributed by atoms with Crippen LogP contribution >= 0.6 is 0 Å². The predicted octanol–water partition coefficient (Wildman–Crippen LogP) is 2.41. The number of rotatable bonds is 4. The third-order valence-corrected chi connectivity index (χ3v) is 3.49. The summed E-state index contributed by atoms with van der Waals surface area (Å²) >= 11 is 0. The van der Waals surface area contributed by atoms with Crippen LogP contribution in [0.5, 0.6) is 5.75 Å². The Morgan fingerprint density at radius 3 is 2.90 bits per heavy atom. The van der Waals surface area contributed by atoms with Crippen LogP contribution in [0, 0.1) is 5.92 Å². The molecule has 1 aliphatic heterocycles. The van der Waals surface area contributed by atoms with Gasteiger partial charge in [0.1, 0.15) is 5.75 Å². The molecule has 21 heavy (non-hydrogen) atoms. The Morgan fingerprint density at radius 2 is 2.19 bits per heavy atom. The van der Waals surface area contributed by atoms with Crippen LogP contribution in [-0.2, 0) is 4.79 Å². The standard InChI is InChI=1S/C15H20N2O4/c1-2-21-13-8-4-3-7-12(13)16-15(20)17-9-5-6-11(10-17)14(18)19/h3-4,7-8,11H,2,5-6,9-10H2,1H3,(H,16,20)(H,18,19)/t11-/m0/s1. The van der Waals surface area contributed by atoms with Gasteiger partial charge in [0.25, 0.3) is 0 Å². The van der Waals surface area contributed by atoms with Crippen molar-refractivity contribution >= 4 is 17.7 Å². The van der Waals surface area contributed by atoms with Crippen LogP contribution in [0.3, 0.4) is 0 Å². The van der Waals surface area contributed by atoms with Gasteiger partial charge in [0.15, 0.2) is 0 Å². The number of para-hydroxylation sites is 2. The van der Waals surface area contributed by atoms with Crippen LogP contribution in [0.2, 0.25) is 0 Å². The summed E-state index contributed by atoms with van der Waals surface area (Å²) in [5, 5.41) is 11.9. The van der Waals surface area contributed by atoms with Gasteiger partial charge in [-0.25, -0.2) is 4.79 Å². The highest BCUT2D eigenvalue weighted by molar-refractivity contribution is 5.91. The molecular formula is C15H20N2O4. The first-order chi connectivity index (χ1) is 10.1. The number of nitrogens with zero attached hydrogens (tertiary/aromatic N) is 1. The largest absolute Gasteiger partial charge is 0.492 e. The molecule has 0 spiro atoms. The molecule has 1 aliphatic rings. The molecule has 1 heterocycles. The van der Waals surface area contributed by atoms with E-state index in [1.54, 1.807) is 17.0 Å². The predicted molar refractivity (Wildman–Crippen MR) is 78.6 cm³/mol. The van der Waals surface area contributed by atoms with Gasteiger partial charge >= 0.3 is 12.0 Å². The molecule has 114 valence electrons. The number of ether oxygens (including phenoxy) is 1. The molecule has 1 atom stereocenters. The normalized spacial score (nSPS) is 18.1. The zero-order valence-electron chi connectivity index (χ0n) is 12.0. The molecule has 2 N–H and O–H groups in total.